The molecule has 5 saturated carbocycles. The molecule has 0 radical (unpaired) electrons. The lowest BCUT2D eigenvalue weighted by atomic mass is 9.53. The second-order valence-corrected chi connectivity index (χ2v) is 13.6. The summed E-state index contributed by atoms with van der Waals surface area (Å²) < 4.78 is 63.6. The Hall–Kier alpha value is -2.40. The first-order valence-corrected chi connectivity index (χ1v) is 14.7. The molecule has 1 aromatic carbocycles. The SMILES string of the molecule is CN(CC12CCC(c3nc(C4CC4)no3)(CC1)CC2)S(=O)(=O)c1c(F)ccc(NC(=O)C2CCC2)c1F. The van der Waals surface area contributed by atoms with Gasteiger partial charge in [0.05, 0.1) is 5.69 Å². The van der Waals surface area contributed by atoms with E-state index in [1.54, 1.807) is 0 Å². The number of carbonyl (C=O) groups is 1. The van der Waals surface area contributed by atoms with Gasteiger partial charge in [-0.1, -0.05) is 11.6 Å². The third-order valence-electron chi connectivity index (χ3n) is 9.25. The van der Waals surface area contributed by atoms with Gasteiger partial charge in [0.2, 0.25) is 21.8 Å². The molecule has 1 heterocycles. The van der Waals surface area contributed by atoms with Crippen molar-refractivity contribution in [3.63, 3.8) is 0 Å². The first kappa shape index (κ1) is 24.9. The van der Waals surface area contributed by atoms with Crippen molar-refractivity contribution in [3.8, 4) is 0 Å². The molecule has 200 valence electrons. The number of hydrogen-bond donors (Lipinski definition) is 1. The summed E-state index contributed by atoms with van der Waals surface area (Å²) in [4.78, 5) is 16.0. The van der Waals surface area contributed by atoms with Crippen molar-refractivity contribution in [2.75, 3.05) is 18.9 Å². The number of amides is 1. The van der Waals surface area contributed by atoms with Crippen LogP contribution < -0.4 is 5.32 Å². The second-order valence-electron chi connectivity index (χ2n) is 11.6. The van der Waals surface area contributed by atoms with Gasteiger partial charge in [-0.2, -0.15) is 4.98 Å². The Morgan fingerprint density at radius 3 is 2.38 bits per heavy atom. The van der Waals surface area contributed by atoms with E-state index in [9.17, 15) is 17.6 Å². The number of sulfonamides is 1. The zero-order valence-electron chi connectivity index (χ0n) is 20.9. The number of carbonyl (C=O) groups excluding carboxylic acids is 1. The van der Waals surface area contributed by atoms with Crippen LogP contribution in [0.15, 0.2) is 21.6 Å². The van der Waals surface area contributed by atoms with Gasteiger partial charge in [-0.05, 0) is 81.8 Å². The fourth-order valence-corrected chi connectivity index (χ4v) is 7.67. The van der Waals surface area contributed by atoms with Crippen LogP contribution in [0.3, 0.4) is 0 Å². The van der Waals surface area contributed by atoms with E-state index in [0.717, 1.165) is 80.0 Å². The summed E-state index contributed by atoms with van der Waals surface area (Å²) in [6, 6.07) is 1.97. The Bertz CT molecular complexity index is 1310. The predicted molar refractivity (Wildman–Crippen MR) is 130 cm³/mol. The molecule has 2 bridgehead atoms. The largest absolute Gasteiger partial charge is 0.339 e. The number of hydrogen-bond acceptors (Lipinski definition) is 6. The molecular weight excluding hydrogens is 502 g/mol. The van der Waals surface area contributed by atoms with Crippen LogP contribution in [0.25, 0.3) is 0 Å². The Kier molecular flexibility index (Phi) is 5.94. The number of aromatic nitrogens is 2. The van der Waals surface area contributed by atoms with Crippen LogP contribution in [0.2, 0.25) is 0 Å². The van der Waals surface area contributed by atoms with Gasteiger partial charge in [-0.25, -0.2) is 21.5 Å². The van der Waals surface area contributed by atoms with Gasteiger partial charge in [-0.3, -0.25) is 4.79 Å². The molecule has 2 aromatic rings. The Labute approximate surface area is 215 Å². The number of rotatable bonds is 8. The maximum Gasteiger partial charge on any atom is 0.248 e. The second kappa shape index (κ2) is 8.83. The molecule has 7 rings (SSSR count). The summed E-state index contributed by atoms with van der Waals surface area (Å²) >= 11 is 0. The molecule has 1 N–H and O–H groups in total. The molecule has 5 aliphatic carbocycles. The van der Waals surface area contributed by atoms with Crippen molar-refractivity contribution in [2.24, 2.45) is 11.3 Å². The lowest BCUT2D eigenvalue weighted by Crippen LogP contribution is -2.49. The number of nitrogens with one attached hydrogen (secondary N) is 1. The molecule has 0 atom stereocenters. The van der Waals surface area contributed by atoms with Crippen molar-refractivity contribution in [3.05, 3.63) is 35.5 Å². The third-order valence-corrected chi connectivity index (χ3v) is 11.1. The number of benzene rings is 1. The smallest absolute Gasteiger partial charge is 0.248 e. The van der Waals surface area contributed by atoms with Crippen molar-refractivity contribution in [2.45, 2.75) is 86.9 Å². The molecule has 0 unspecified atom stereocenters. The summed E-state index contributed by atoms with van der Waals surface area (Å²) in [6.45, 7) is 0.167. The van der Waals surface area contributed by atoms with Crippen LogP contribution in [-0.2, 0) is 20.2 Å². The van der Waals surface area contributed by atoms with E-state index < -0.39 is 26.6 Å². The molecule has 0 saturated heterocycles. The highest BCUT2D eigenvalue weighted by Gasteiger charge is 2.53. The Balaban J connectivity index is 1.17. The lowest BCUT2D eigenvalue weighted by molar-refractivity contribution is -0.122. The van der Waals surface area contributed by atoms with Gasteiger partial charge in [0.15, 0.2) is 16.5 Å². The van der Waals surface area contributed by atoms with Crippen molar-refractivity contribution >= 4 is 21.6 Å². The molecule has 1 amide bonds. The van der Waals surface area contributed by atoms with E-state index in [2.05, 4.69) is 10.5 Å². The van der Waals surface area contributed by atoms with Crippen LogP contribution >= 0.6 is 0 Å². The van der Waals surface area contributed by atoms with Crippen molar-refractivity contribution in [1.29, 1.82) is 0 Å². The third kappa shape index (κ3) is 4.27. The minimum atomic E-state index is -4.48. The zero-order chi connectivity index (χ0) is 26.0. The quantitative estimate of drug-likeness (QED) is 0.518. The van der Waals surface area contributed by atoms with E-state index >= 15 is 4.39 Å². The molecular formula is C26H32F2N4O4S. The van der Waals surface area contributed by atoms with Gasteiger partial charge in [0.1, 0.15) is 5.82 Å². The fourth-order valence-electron chi connectivity index (χ4n) is 6.26. The van der Waals surface area contributed by atoms with E-state index in [4.69, 9.17) is 9.51 Å². The monoisotopic (exact) mass is 534 g/mol. The van der Waals surface area contributed by atoms with E-state index in [-0.39, 0.29) is 34.9 Å². The molecule has 1 aromatic heterocycles. The van der Waals surface area contributed by atoms with Crippen molar-refractivity contribution < 1.29 is 26.5 Å². The summed E-state index contributed by atoms with van der Waals surface area (Å²) in [5.74, 6) is -1.09. The highest BCUT2D eigenvalue weighted by atomic mass is 32.2. The minimum absolute atomic E-state index is 0.162. The van der Waals surface area contributed by atoms with Gasteiger partial charge < -0.3 is 9.84 Å². The first-order chi connectivity index (χ1) is 17.6. The van der Waals surface area contributed by atoms with Crippen LogP contribution in [0.4, 0.5) is 14.5 Å². The molecule has 11 heteroatoms. The zero-order valence-corrected chi connectivity index (χ0v) is 21.7. The Morgan fingerprint density at radius 2 is 1.78 bits per heavy atom. The van der Waals surface area contributed by atoms with E-state index in [0.29, 0.717) is 24.7 Å². The molecule has 0 spiro atoms. The van der Waals surface area contributed by atoms with E-state index in [1.807, 2.05) is 0 Å². The average Bonchev–Trinajstić information content (AvgIpc) is 3.56. The summed E-state index contributed by atoms with van der Waals surface area (Å²) in [5.41, 5.74) is -0.745. The highest BCUT2D eigenvalue weighted by molar-refractivity contribution is 7.89. The maximum absolute atomic E-state index is 15.3. The van der Waals surface area contributed by atoms with Gasteiger partial charge in [0, 0.05) is 30.8 Å². The number of anilines is 1. The molecule has 0 aliphatic heterocycles. The lowest BCUT2D eigenvalue weighted by Gasteiger charge is -2.52. The highest BCUT2D eigenvalue weighted by Crippen LogP contribution is 2.58. The standard InChI is InChI=1S/C26H32F2N4O4S/c1-32(37(34,35)21-18(27)7-8-19(20(21)28)29-23(33)17-3-2-4-17)15-25-9-12-26(13-10-25,14-11-25)24-30-22(31-36-24)16-5-6-16/h7-8,16-17H,2-6,9-15H2,1H3,(H,29,33). The normalized spacial score (nSPS) is 27.9. The van der Waals surface area contributed by atoms with Crippen LogP contribution in [0.5, 0.6) is 0 Å². The summed E-state index contributed by atoms with van der Waals surface area (Å²) in [6.07, 6.45) is 9.33. The predicted octanol–water partition coefficient (Wildman–Crippen LogP) is 4.88. The Morgan fingerprint density at radius 1 is 1.11 bits per heavy atom. The first-order valence-electron chi connectivity index (χ1n) is 13.2. The van der Waals surface area contributed by atoms with Gasteiger partial charge >= 0.3 is 0 Å². The van der Waals surface area contributed by atoms with Gasteiger partial charge in [0.25, 0.3) is 0 Å². The van der Waals surface area contributed by atoms with Crippen LogP contribution in [-0.4, -0.2) is 42.4 Å². The molecule has 37 heavy (non-hydrogen) atoms. The summed E-state index contributed by atoms with van der Waals surface area (Å²) in [5, 5.41) is 6.63. The average molecular weight is 535 g/mol. The molecule has 5 fully saturated rings. The topological polar surface area (TPSA) is 105 Å². The molecule has 8 nitrogen and oxygen atoms in total. The maximum atomic E-state index is 15.3. The summed E-state index contributed by atoms with van der Waals surface area (Å²) in [7, 11) is -3.10. The number of nitrogens with zero attached hydrogens (tertiary/aromatic N) is 3. The molecule has 5 aliphatic rings. The number of fused-ring (bicyclic) bond motifs is 3. The number of halogens is 2. The van der Waals surface area contributed by atoms with E-state index in [1.165, 1.54) is 7.05 Å². The van der Waals surface area contributed by atoms with Crippen LogP contribution in [0, 0.1) is 23.0 Å². The minimum Gasteiger partial charge on any atom is -0.339 e. The van der Waals surface area contributed by atoms with Crippen LogP contribution in [0.1, 0.15) is 88.3 Å². The van der Waals surface area contributed by atoms with Gasteiger partial charge in [-0.15, -0.1) is 0 Å². The fraction of sp³-hybridized carbons (Fsp3) is 0.654. The van der Waals surface area contributed by atoms with Crippen molar-refractivity contribution in [1.82, 2.24) is 14.4 Å².